The molecule has 2 aromatic rings. The van der Waals surface area contributed by atoms with Crippen LogP contribution in [0.25, 0.3) is 11.0 Å². The van der Waals surface area contributed by atoms with E-state index in [2.05, 4.69) is 45.0 Å². The molecule has 0 aliphatic rings. The highest BCUT2D eigenvalue weighted by molar-refractivity contribution is 9.10. The fraction of sp³-hybridized carbons (Fsp3) is 0.462. The van der Waals surface area contributed by atoms with Crippen LogP contribution in [-0.2, 0) is 6.42 Å². The van der Waals surface area contributed by atoms with E-state index in [0.29, 0.717) is 0 Å². The fourth-order valence-corrected chi connectivity index (χ4v) is 2.58. The van der Waals surface area contributed by atoms with Crippen LogP contribution >= 0.6 is 15.9 Å². The summed E-state index contributed by atoms with van der Waals surface area (Å²) < 4.78 is 1.09. The molecule has 3 nitrogen and oxygen atoms in total. The van der Waals surface area contributed by atoms with Crippen molar-refractivity contribution >= 4 is 27.0 Å². The molecule has 0 spiro atoms. The molecule has 0 saturated carbocycles. The van der Waals surface area contributed by atoms with Crippen molar-refractivity contribution in [2.45, 2.75) is 39.2 Å². The number of nitrogens with one attached hydrogen (secondary N) is 1. The second-order valence-electron chi connectivity index (χ2n) is 4.67. The normalized spacial score (nSPS) is 13.2. The molecule has 0 fully saturated rings. The first-order valence-corrected chi connectivity index (χ1v) is 6.76. The lowest BCUT2D eigenvalue weighted by Gasteiger charge is -2.01. The number of rotatable bonds is 4. The molecule has 2 rings (SSSR count). The number of nitrogens with two attached hydrogens (primary N) is 1. The van der Waals surface area contributed by atoms with Crippen LogP contribution in [0, 0.1) is 6.92 Å². The molecule has 92 valence electrons. The van der Waals surface area contributed by atoms with Gasteiger partial charge < -0.3 is 10.7 Å². The number of H-pyrrole nitrogens is 1. The van der Waals surface area contributed by atoms with Crippen molar-refractivity contribution in [3.8, 4) is 0 Å². The Morgan fingerprint density at radius 3 is 2.94 bits per heavy atom. The summed E-state index contributed by atoms with van der Waals surface area (Å²) in [4.78, 5) is 8.00. The predicted octanol–water partition coefficient (Wildman–Crippen LogP) is 3.30. The molecule has 1 atom stereocenters. The molecular weight excluding hydrogens is 278 g/mol. The van der Waals surface area contributed by atoms with Crippen molar-refractivity contribution in [2.75, 3.05) is 0 Å². The van der Waals surface area contributed by atoms with Gasteiger partial charge >= 0.3 is 0 Å². The maximum Gasteiger partial charge on any atom is 0.107 e. The average molecular weight is 296 g/mol. The van der Waals surface area contributed by atoms with E-state index < -0.39 is 0 Å². The molecule has 1 heterocycles. The highest BCUT2D eigenvalue weighted by Gasteiger charge is 2.06. The Balaban J connectivity index is 2.17. The van der Waals surface area contributed by atoms with Gasteiger partial charge in [-0.05, 0) is 44.4 Å². The third-order valence-corrected chi connectivity index (χ3v) is 3.32. The van der Waals surface area contributed by atoms with Crippen LogP contribution in [0.15, 0.2) is 16.6 Å². The second kappa shape index (κ2) is 5.19. The molecule has 4 heteroatoms. The molecular formula is C13H18BrN3. The Labute approximate surface area is 110 Å². The van der Waals surface area contributed by atoms with E-state index in [9.17, 15) is 0 Å². The van der Waals surface area contributed by atoms with E-state index in [-0.39, 0.29) is 6.04 Å². The van der Waals surface area contributed by atoms with Crippen LogP contribution in [0.1, 0.15) is 31.2 Å². The summed E-state index contributed by atoms with van der Waals surface area (Å²) in [5, 5.41) is 0. The zero-order chi connectivity index (χ0) is 12.4. The summed E-state index contributed by atoms with van der Waals surface area (Å²) in [5.74, 6) is 1.06. The lowest BCUT2D eigenvalue weighted by Crippen LogP contribution is -2.14. The minimum Gasteiger partial charge on any atom is -0.342 e. The fourth-order valence-electron chi connectivity index (χ4n) is 2.01. The predicted molar refractivity (Wildman–Crippen MR) is 75.1 cm³/mol. The Hall–Kier alpha value is -0.870. The summed E-state index contributed by atoms with van der Waals surface area (Å²) >= 11 is 3.50. The van der Waals surface area contributed by atoms with Gasteiger partial charge in [0.1, 0.15) is 5.82 Å². The number of aryl methyl sites for hydroxylation is 2. The van der Waals surface area contributed by atoms with Crippen molar-refractivity contribution in [1.82, 2.24) is 9.97 Å². The van der Waals surface area contributed by atoms with E-state index in [1.54, 1.807) is 0 Å². The summed E-state index contributed by atoms with van der Waals surface area (Å²) in [6, 6.07) is 4.44. The van der Waals surface area contributed by atoms with Gasteiger partial charge in [-0.25, -0.2) is 4.98 Å². The summed E-state index contributed by atoms with van der Waals surface area (Å²) in [6.07, 6.45) is 3.09. The van der Waals surface area contributed by atoms with Crippen LogP contribution in [0.2, 0.25) is 0 Å². The van der Waals surface area contributed by atoms with Gasteiger partial charge in [-0.3, -0.25) is 0 Å². The molecule has 0 aliphatic heterocycles. The van der Waals surface area contributed by atoms with Crippen LogP contribution in [0.4, 0.5) is 0 Å². The highest BCUT2D eigenvalue weighted by Crippen LogP contribution is 2.22. The van der Waals surface area contributed by atoms with Crippen molar-refractivity contribution in [3.05, 3.63) is 28.0 Å². The number of benzene rings is 1. The van der Waals surface area contributed by atoms with Gasteiger partial charge in [0.15, 0.2) is 0 Å². The maximum absolute atomic E-state index is 5.74. The number of halogens is 1. The number of hydrogen-bond donors (Lipinski definition) is 2. The Kier molecular flexibility index (Phi) is 3.84. The lowest BCUT2D eigenvalue weighted by molar-refractivity contribution is 0.616. The zero-order valence-corrected chi connectivity index (χ0v) is 11.8. The third-order valence-electron chi connectivity index (χ3n) is 2.86. The molecule has 0 saturated heterocycles. The summed E-state index contributed by atoms with van der Waals surface area (Å²) in [5.41, 5.74) is 9.11. The van der Waals surface area contributed by atoms with Gasteiger partial charge in [-0.15, -0.1) is 0 Å². The third kappa shape index (κ3) is 3.07. The lowest BCUT2D eigenvalue weighted by atomic mass is 10.1. The number of hydrogen-bond acceptors (Lipinski definition) is 2. The molecule has 0 radical (unpaired) electrons. The van der Waals surface area contributed by atoms with E-state index in [1.807, 2.05) is 6.92 Å². The molecule has 1 aromatic carbocycles. The molecule has 3 N–H and O–H groups in total. The second-order valence-corrected chi connectivity index (χ2v) is 5.59. The Bertz CT molecular complexity index is 517. The monoisotopic (exact) mass is 295 g/mol. The van der Waals surface area contributed by atoms with Gasteiger partial charge in [0, 0.05) is 16.9 Å². The number of fused-ring (bicyclic) bond motifs is 1. The summed E-state index contributed by atoms with van der Waals surface area (Å²) in [7, 11) is 0. The highest BCUT2D eigenvalue weighted by atomic mass is 79.9. The molecule has 0 amide bonds. The van der Waals surface area contributed by atoms with Gasteiger partial charge in [-0.1, -0.05) is 15.9 Å². The minimum absolute atomic E-state index is 0.273. The number of imidazole rings is 1. The van der Waals surface area contributed by atoms with Crippen LogP contribution in [-0.4, -0.2) is 16.0 Å². The molecule has 1 unspecified atom stereocenters. The average Bonchev–Trinajstić information content (AvgIpc) is 2.60. The van der Waals surface area contributed by atoms with Crippen molar-refractivity contribution in [3.63, 3.8) is 0 Å². The number of aromatic nitrogens is 2. The van der Waals surface area contributed by atoms with Gasteiger partial charge in [0.05, 0.1) is 11.0 Å². The molecule has 0 bridgehead atoms. The first kappa shape index (κ1) is 12.6. The van der Waals surface area contributed by atoms with Crippen molar-refractivity contribution < 1.29 is 0 Å². The molecule has 17 heavy (non-hydrogen) atoms. The van der Waals surface area contributed by atoms with Crippen molar-refractivity contribution in [1.29, 1.82) is 0 Å². The zero-order valence-electron chi connectivity index (χ0n) is 10.3. The molecule has 1 aromatic heterocycles. The van der Waals surface area contributed by atoms with E-state index in [4.69, 9.17) is 5.73 Å². The smallest absolute Gasteiger partial charge is 0.107 e. The SMILES string of the molecule is Cc1cc(Br)cc2[nH]c(CCCC(C)N)nc12. The van der Waals surface area contributed by atoms with E-state index in [0.717, 1.165) is 40.6 Å². The largest absolute Gasteiger partial charge is 0.342 e. The van der Waals surface area contributed by atoms with Gasteiger partial charge in [0.25, 0.3) is 0 Å². The van der Waals surface area contributed by atoms with E-state index >= 15 is 0 Å². The Morgan fingerprint density at radius 2 is 2.24 bits per heavy atom. The van der Waals surface area contributed by atoms with Crippen LogP contribution < -0.4 is 5.73 Å². The topological polar surface area (TPSA) is 54.7 Å². The summed E-state index contributed by atoms with van der Waals surface area (Å²) in [6.45, 7) is 4.12. The van der Waals surface area contributed by atoms with E-state index in [1.165, 1.54) is 5.56 Å². The van der Waals surface area contributed by atoms with Crippen molar-refractivity contribution in [2.24, 2.45) is 5.73 Å². The van der Waals surface area contributed by atoms with Gasteiger partial charge in [-0.2, -0.15) is 0 Å². The van der Waals surface area contributed by atoms with Crippen LogP contribution in [0.5, 0.6) is 0 Å². The standard InChI is InChI=1S/C13H18BrN3/c1-8-6-10(14)7-11-13(8)17-12(16-11)5-3-4-9(2)15/h6-7,9H,3-5,15H2,1-2H3,(H,16,17). The maximum atomic E-state index is 5.74. The quantitative estimate of drug-likeness (QED) is 0.909. The number of aromatic amines is 1. The minimum atomic E-state index is 0.273. The first-order valence-electron chi connectivity index (χ1n) is 5.96. The first-order chi connectivity index (χ1) is 8.06. The number of nitrogens with zero attached hydrogens (tertiary/aromatic N) is 1. The van der Waals surface area contributed by atoms with Gasteiger partial charge in [0.2, 0.25) is 0 Å². The molecule has 0 aliphatic carbocycles. The Morgan fingerprint density at radius 1 is 1.47 bits per heavy atom. The van der Waals surface area contributed by atoms with Crippen LogP contribution in [0.3, 0.4) is 0 Å².